The van der Waals surface area contributed by atoms with Gasteiger partial charge >= 0.3 is 0 Å². The maximum atomic E-state index is 11.9. The van der Waals surface area contributed by atoms with Gasteiger partial charge < -0.3 is 15.0 Å². The van der Waals surface area contributed by atoms with E-state index >= 15 is 0 Å². The van der Waals surface area contributed by atoms with Crippen LogP contribution in [0.5, 0.6) is 5.75 Å². The van der Waals surface area contributed by atoms with Crippen molar-refractivity contribution in [1.82, 2.24) is 4.57 Å². The molecule has 1 aromatic carbocycles. The Morgan fingerprint density at radius 3 is 2.75 bits per heavy atom. The predicted octanol–water partition coefficient (Wildman–Crippen LogP) is 1.01. The lowest BCUT2D eigenvalue weighted by Crippen LogP contribution is -2.23. The fraction of sp³-hybridized carbons (Fsp3) is 0.250. The number of hydrogen-bond donors (Lipinski definition) is 1. The first-order valence-corrected chi connectivity index (χ1v) is 5.04. The third-order valence-electron chi connectivity index (χ3n) is 2.73. The summed E-state index contributed by atoms with van der Waals surface area (Å²) >= 11 is 0. The van der Waals surface area contributed by atoms with Crippen molar-refractivity contribution in [3.05, 3.63) is 40.2 Å². The lowest BCUT2D eigenvalue weighted by Gasteiger charge is -2.09. The molecular weight excluding hydrogens is 204 g/mol. The van der Waals surface area contributed by atoms with Crippen molar-refractivity contribution in [2.45, 2.75) is 6.54 Å². The third kappa shape index (κ3) is 1.57. The Balaban J connectivity index is 2.82. The van der Waals surface area contributed by atoms with E-state index < -0.39 is 0 Å². The Morgan fingerprint density at radius 1 is 1.38 bits per heavy atom. The molecule has 0 amide bonds. The van der Waals surface area contributed by atoms with Crippen LogP contribution >= 0.6 is 0 Å². The molecule has 0 bridgehead atoms. The van der Waals surface area contributed by atoms with E-state index in [0.29, 0.717) is 5.56 Å². The average molecular weight is 218 g/mol. The number of nitrogens with zero attached hydrogens (tertiary/aromatic N) is 1. The van der Waals surface area contributed by atoms with Crippen LogP contribution in [0.3, 0.4) is 0 Å². The van der Waals surface area contributed by atoms with E-state index in [0.717, 1.165) is 16.7 Å². The van der Waals surface area contributed by atoms with Crippen molar-refractivity contribution in [1.29, 1.82) is 0 Å². The van der Waals surface area contributed by atoms with Crippen LogP contribution in [-0.4, -0.2) is 11.7 Å². The Bertz CT molecular complexity index is 587. The molecule has 0 saturated heterocycles. The van der Waals surface area contributed by atoms with E-state index in [1.54, 1.807) is 18.7 Å². The minimum absolute atomic E-state index is 0.0525. The second kappa shape index (κ2) is 3.98. The summed E-state index contributed by atoms with van der Waals surface area (Å²) in [6.07, 6.45) is 0. The fourth-order valence-corrected chi connectivity index (χ4v) is 1.78. The van der Waals surface area contributed by atoms with Crippen molar-refractivity contribution in [2.24, 2.45) is 12.8 Å². The van der Waals surface area contributed by atoms with Crippen molar-refractivity contribution in [2.75, 3.05) is 7.11 Å². The largest absolute Gasteiger partial charge is 0.497 e. The highest BCUT2D eigenvalue weighted by atomic mass is 16.5. The molecule has 16 heavy (non-hydrogen) atoms. The Kier molecular flexibility index (Phi) is 2.66. The van der Waals surface area contributed by atoms with Gasteiger partial charge in [-0.1, -0.05) is 0 Å². The van der Waals surface area contributed by atoms with Gasteiger partial charge in [-0.15, -0.1) is 0 Å². The first-order valence-electron chi connectivity index (χ1n) is 5.04. The van der Waals surface area contributed by atoms with Gasteiger partial charge in [0, 0.05) is 25.2 Å². The van der Waals surface area contributed by atoms with Gasteiger partial charge in [0.25, 0.3) is 5.56 Å². The summed E-state index contributed by atoms with van der Waals surface area (Å²) in [5.41, 5.74) is 6.95. The number of methoxy groups -OCH3 is 1. The van der Waals surface area contributed by atoms with E-state index in [9.17, 15) is 4.79 Å². The smallest absolute Gasteiger partial charge is 0.255 e. The second-order valence-electron chi connectivity index (χ2n) is 3.66. The standard InChI is InChI=1S/C12H14N2O2/c1-14-11-6-10(16-2)4-3-8(11)5-9(7-13)12(14)15/h3-6H,7,13H2,1-2H3. The number of aryl methyl sites for hydroxylation is 1. The van der Waals surface area contributed by atoms with Crippen molar-refractivity contribution in [3.63, 3.8) is 0 Å². The van der Waals surface area contributed by atoms with Gasteiger partial charge in [-0.05, 0) is 23.6 Å². The summed E-state index contributed by atoms with van der Waals surface area (Å²) in [5, 5.41) is 0.989. The van der Waals surface area contributed by atoms with Gasteiger partial charge in [0.1, 0.15) is 5.75 Å². The number of benzene rings is 1. The van der Waals surface area contributed by atoms with Crippen LogP contribution in [0, 0.1) is 0 Å². The highest BCUT2D eigenvalue weighted by molar-refractivity contribution is 5.81. The molecule has 0 spiro atoms. The van der Waals surface area contributed by atoms with Gasteiger partial charge in [-0.25, -0.2) is 0 Å². The number of pyridine rings is 1. The summed E-state index contributed by atoms with van der Waals surface area (Å²) < 4.78 is 6.73. The van der Waals surface area contributed by atoms with Crippen LogP contribution in [0.2, 0.25) is 0 Å². The van der Waals surface area contributed by atoms with Crippen molar-refractivity contribution < 1.29 is 4.74 Å². The number of fused-ring (bicyclic) bond motifs is 1. The molecule has 1 heterocycles. The van der Waals surface area contributed by atoms with Gasteiger partial charge in [-0.2, -0.15) is 0 Å². The van der Waals surface area contributed by atoms with Crippen LogP contribution in [0.15, 0.2) is 29.1 Å². The first-order chi connectivity index (χ1) is 7.67. The maximum Gasteiger partial charge on any atom is 0.255 e. The summed E-state index contributed by atoms with van der Waals surface area (Å²) in [7, 11) is 3.34. The quantitative estimate of drug-likeness (QED) is 0.818. The normalized spacial score (nSPS) is 10.7. The molecule has 0 aliphatic carbocycles. The van der Waals surface area contributed by atoms with Crippen LogP contribution < -0.4 is 16.0 Å². The molecule has 84 valence electrons. The summed E-state index contributed by atoms with van der Waals surface area (Å²) in [6.45, 7) is 0.259. The summed E-state index contributed by atoms with van der Waals surface area (Å²) in [6, 6.07) is 7.47. The van der Waals surface area contributed by atoms with E-state index in [1.807, 2.05) is 24.3 Å². The highest BCUT2D eigenvalue weighted by Gasteiger charge is 2.06. The molecule has 0 fully saturated rings. The molecular formula is C12H14N2O2. The zero-order valence-electron chi connectivity index (χ0n) is 9.36. The molecule has 0 radical (unpaired) electrons. The molecule has 4 nitrogen and oxygen atoms in total. The Labute approximate surface area is 93.3 Å². The molecule has 4 heteroatoms. The molecule has 2 rings (SSSR count). The fourth-order valence-electron chi connectivity index (χ4n) is 1.78. The summed E-state index contributed by atoms with van der Waals surface area (Å²) in [5.74, 6) is 0.739. The number of ether oxygens (including phenoxy) is 1. The van der Waals surface area contributed by atoms with Crippen molar-refractivity contribution >= 4 is 10.9 Å². The predicted molar refractivity (Wildman–Crippen MR) is 63.6 cm³/mol. The zero-order chi connectivity index (χ0) is 11.7. The monoisotopic (exact) mass is 218 g/mol. The Morgan fingerprint density at radius 2 is 2.12 bits per heavy atom. The van der Waals surface area contributed by atoms with E-state index in [2.05, 4.69) is 0 Å². The van der Waals surface area contributed by atoms with Gasteiger partial charge in [-0.3, -0.25) is 4.79 Å². The first kappa shape index (κ1) is 10.7. The van der Waals surface area contributed by atoms with Gasteiger partial charge in [0.15, 0.2) is 0 Å². The SMILES string of the molecule is COc1ccc2cc(CN)c(=O)n(C)c2c1. The lowest BCUT2D eigenvalue weighted by atomic mass is 10.1. The molecule has 0 aliphatic rings. The molecule has 0 saturated carbocycles. The topological polar surface area (TPSA) is 57.2 Å². The average Bonchev–Trinajstić information content (AvgIpc) is 2.33. The maximum absolute atomic E-state index is 11.9. The molecule has 2 aromatic rings. The van der Waals surface area contributed by atoms with E-state index in [4.69, 9.17) is 10.5 Å². The van der Waals surface area contributed by atoms with E-state index in [-0.39, 0.29) is 12.1 Å². The minimum atomic E-state index is -0.0525. The number of rotatable bonds is 2. The zero-order valence-corrected chi connectivity index (χ0v) is 9.36. The van der Waals surface area contributed by atoms with Crippen LogP contribution in [0.25, 0.3) is 10.9 Å². The number of aromatic nitrogens is 1. The van der Waals surface area contributed by atoms with Crippen LogP contribution in [0.4, 0.5) is 0 Å². The minimum Gasteiger partial charge on any atom is -0.497 e. The second-order valence-corrected chi connectivity index (χ2v) is 3.66. The number of hydrogen-bond acceptors (Lipinski definition) is 3. The molecule has 1 aromatic heterocycles. The third-order valence-corrected chi connectivity index (χ3v) is 2.73. The molecule has 0 atom stereocenters. The van der Waals surface area contributed by atoms with Gasteiger partial charge in [0.05, 0.1) is 12.6 Å². The van der Waals surface area contributed by atoms with Crippen molar-refractivity contribution in [3.8, 4) is 5.75 Å². The van der Waals surface area contributed by atoms with Crippen LogP contribution in [-0.2, 0) is 13.6 Å². The molecule has 0 aliphatic heterocycles. The summed E-state index contributed by atoms with van der Waals surface area (Å²) in [4.78, 5) is 11.9. The molecule has 0 unspecified atom stereocenters. The van der Waals surface area contributed by atoms with Gasteiger partial charge in [0.2, 0.25) is 0 Å². The molecule has 2 N–H and O–H groups in total. The number of nitrogens with two attached hydrogens (primary N) is 1. The van der Waals surface area contributed by atoms with Crippen LogP contribution in [0.1, 0.15) is 5.56 Å². The lowest BCUT2D eigenvalue weighted by molar-refractivity contribution is 0.415. The highest BCUT2D eigenvalue weighted by Crippen LogP contribution is 2.19. The van der Waals surface area contributed by atoms with E-state index in [1.165, 1.54) is 0 Å². The Hall–Kier alpha value is -1.81.